The molecular formula is C14H16N6. The zero-order valence-corrected chi connectivity index (χ0v) is 11.3. The Kier molecular flexibility index (Phi) is 2.48. The van der Waals surface area contributed by atoms with E-state index in [-0.39, 0.29) is 0 Å². The van der Waals surface area contributed by atoms with Crippen LogP contribution in [0.15, 0.2) is 24.9 Å². The quantitative estimate of drug-likeness (QED) is 0.746. The second kappa shape index (κ2) is 4.33. The van der Waals surface area contributed by atoms with Gasteiger partial charge in [-0.05, 0) is 31.7 Å². The number of hydrogen-bond acceptors (Lipinski definition) is 3. The topological polar surface area (TPSA) is 75.2 Å². The molecule has 6 nitrogen and oxygen atoms in total. The van der Waals surface area contributed by atoms with Crippen molar-refractivity contribution < 1.29 is 0 Å². The van der Waals surface area contributed by atoms with Gasteiger partial charge in [-0.15, -0.1) is 0 Å². The first-order chi connectivity index (χ1) is 9.83. The standard InChI is InChI=1S/C14H16N6/c1-9-13(17-8-16-9)14-15-4-5-20(14)11-2-3-12-10(6-11)7-18-19-12/h4-5,7-8,11H,2-3,6H2,1H3,(H,16,17)(H,18,19). The van der Waals surface area contributed by atoms with Gasteiger partial charge in [0.05, 0.1) is 12.5 Å². The van der Waals surface area contributed by atoms with Crippen LogP contribution in [0.2, 0.25) is 0 Å². The van der Waals surface area contributed by atoms with E-state index in [4.69, 9.17) is 0 Å². The number of nitrogens with zero attached hydrogens (tertiary/aromatic N) is 4. The zero-order valence-electron chi connectivity index (χ0n) is 11.3. The molecule has 1 aliphatic rings. The van der Waals surface area contributed by atoms with Crippen molar-refractivity contribution in [1.82, 2.24) is 29.7 Å². The summed E-state index contributed by atoms with van der Waals surface area (Å²) in [6, 6.07) is 0.425. The fourth-order valence-corrected chi connectivity index (χ4v) is 3.01. The molecule has 4 rings (SSSR count). The third-order valence-electron chi connectivity index (χ3n) is 4.09. The van der Waals surface area contributed by atoms with E-state index < -0.39 is 0 Å². The molecular weight excluding hydrogens is 252 g/mol. The smallest absolute Gasteiger partial charge is 0.160 e. The summed E-state index contributed by atoms with van der Waals surface area (Å²) in [4.78, 5) is 12.0. The summed E-state index contributed by atoms with van der Waals surface area (Å²) in [7, 11) is 0. The van der Waals surface area contributed by atoms with Crippen molar-refractivity contribution in [2.24, 2.45) is 0 Å². The first-order valence-corrected chi connectivity index (χ1v) is 6.87. The Balaban J connectivity index is 1.71. The van der Waals surface area contributed by atoms with Crippen LogP contribution in [0.4, 0.5) is 0 Å². The monoisotopic (exact) mass is 268 g/mol. The molecule has 0 aliphatic heterocycles. The van der Waals surface area contributed by atoms with Gasteiger partial charge in [0.25, 0.3) is 0 Å². The highest BCUT2D eigenvalue weighted by atomic mass is 15.1. The van der Waals surface area contributed by atoms with Crippen molar-refractivity contribution in [1.29, 1.82) is 0 Å². The average molecular weight is 268 g/mol. The van der Waals surface area contributed by atoms with Crippen LogP contribution in [-0.2, 0) is 12.8 Å². The second-order valence-corrected chi connectivity index (χ2v) is 5.30. The van der Waals surface area contributed by atoms with E-state index in [1.807, 2.05) is 19.3 Å². The normalized spacial score (nSPS) is 18.1. The molecule has 1 unspecified atom stereocenters. The molecule has 6 heteroatoms. The Morgan fingerprint density at radius 2 is 2.30 bits per heavy atom. The number of rotatable bonds is 2. The van der Waals surface area contributed by atoms with Crippen LogP contribution < -0.4 is 0 Å². The number of aryl methyl sites for hydroxylation is 2. The summed E-state index contributed by atoms with van der Waals surface area (Å²) in [5.41, 5.74) is 4.59. The molecule has 20 heavy (non-hydrogen) atoms. The van der Waals surface area contributed by atoms with Crippen molar-refractivity contribution in [2.75, 3.05) is 0 Å². The van der Waals surface area contributed by atoms with Gasteiger partial charge in [-0.25, -0.2) is 9.97 Å². The molecule has 0 fully saturated rings. The minimum Gasteiger partial charge on any atom is -0.348 e. The summed E-state index contributed by atoms with van der Waals surface area (Å²) >= 11 is 0. The molecule has 3 aromatic rings. The highest BCUT2D eigenvalue weighted by Gasteiger charge is 2.24. The molecule has 3 heterocycles. The lowest BCUT2D eigenvalue weighted by Gasteiger charge is -2.24. The molecule has 0 radical (unpaired) electrons. The van der Waals surface area contributed by atoms with Gasteiger partial charge >= 0.3 is 0 Å². The van der Waals surface area contributed by atoms with Crippen LogP contribution in [-0.4, -0.2) is 29.7 Å². The van der Waals surface area contributed by atoms with Gasteiger partial charge in [-0.3, -0.25) is 5.10 Å². The molecule has 0 bridgehead atoms. The Hall–Kier alpha value is -2.37. The highest BCUT2D eigenvalue weighted by molar-refractivity contribution is 5.53. The van der Waals surface area contributed by atoms with Crippen LogP contribution in [0.1, 0.15) is 29.4 Å². The third kappa shape index (κ3) is 1.68. The van der Waals surface area contributed by atoms with Gasteiger partial charge in [0.2, 0.25) is 0 Å². The van der Waals surface area contributed by atoms with Gasteiger partial charge in [0.15, 0.2) is 5.82 Å². The summed E-state index contributed by atoms with van der Waals surface area (Å²) in [5, 5.41) is 7.22. The Bertz CT molecular complexity index is 734. The van der Waals surface area contributed by atoms with E-state index in [0.717, 1.165) is 36.5 Å². The predicted molar refractivity (Wildman–Crippen MR) is 74.2 cm³/mol. The van der Waals surface area contributed by atoms with Crippen LogP contribution in [0.5, 0.6) is 0 Å². The van der Waals surface area contributed by atoms with Crippen LogP contribution >= 0.6 is 0 Å². The largest absolute Gasteiger partial charge is 0.348 e. The molecule has 1 aliphatic carbocycles. The number of imidazole rings is 2. The lowest BCUT2D eigenvalue weighted by molar-refractivity contribution is 0.443. The number of aromatic nitrogens is 6. The van der Waals surface area contributed by atoms with E-state index >= 15 is 0 Å². The van der Waals surface area contributed by atoms with Crippen molar-refractivity contribution in [3.05, 3.63) is 41.9 Å². The van der Waals surface area contributed by atoms with Crippen molar-refractivity contribution in [3.8, 4) is 11.5 Å². The average Bonchev–Trinajstić information content (AvgIpc) is 3.16. The first kappa shape index (κ1) is 11.5. The number of aromatic amines is 2. The van der Waals surface area contributed by atoms with E-state index in [2.05, 4.69) is 35.9 Å². The molecule has 102 valence electrons. The Labute approximate surface area is 116 Å². The summed E-state index contributed by atoms with van der Waals surface area (Å²) in [6.45, 7) is 2.02. The van der Waals surface area contributed by atoms with Gasteiger partial charge < -0.3 is 9.55 Å². The summed E-state index contributed by atoms with van der Waals surface area (Å²) in [6.07, 6.45) is 10.7. The highest BCUT2D eigenvalue weighted by Crippen LogP contribution is 2.31. The maximum absolute atomic E-state index is 4.50. The maximum atomic E-state index is 4.50. The van der Waals surface area contributed by atoms with Crippen LogP contribution in [0, 0.1) is 6.92 Å². The van der Waals surface area contributed by atoms with Gasteiger partial charge in [-0.1, -0.05) is 0 Å². The summed E-state index contributed by atoms with van der Waals surface area (Å²) in [5.74, 6) is 0.945. The van der Waals surface area contributed by atoms with Crippen LogP contribution in [0.25, 0.3) is 11.5 Å². The SMILES string of the molecule is Cc1[nH]cnc1-c1nccn1C1CCc2[nH]ncc2C1. The van der Waals surface area contributed by atoms with E-state index in [1.165, 1.54) is 11.3 Å². The van der Waals surface area contributed by atoms with Crippen LogP contribution in [0.3, 0.4) is 0 Å². The lowest BCUT2D eigenvalue weighted by Crippen LogP contribution is -2.18. The Morgan fingerprint density at radius 1 is 1.35 bits per heavy atom. The summed E-state index contributed by atoms with van der Waals surface area (Å²) < 4.78 is 2.25. The fraction of sp³-hybridized carbons (Fsp3) is 0.357. The van der Waals surface area contributed by atoms with E-state index in [9.17, 15) is 0 Å². The van der Waals surface area contributed by atoms with Crippen molar-refractivity contribution in [2.45, 2.75) is 32.2 Å². The Morgan fingerprint density at radius 3 is 3.15 bits per heavy atom. The van der Waals surface area contributed by atoms with Gasteiger partial charge in [-0.2, -0.15) is 5.10 Å². The zero-order chi connectivity index (χ0) is 13.5. The predicted octanol–water partition coefficient (Wildman–Crippen LogP) is 2.03. The number of hydrogen-bond donors (Lipinski definition) is 2. The van der Waals surface area contributed by atoms with E-state index in [1.54, 1.807) is 6.33 Å². The fourth-order valence-electron chi connectivity index (χ4n) is 3.01. The molecule has 0 amide bonds. The molecule has 0 spiro atoms. The van der Waals surface area contributed by atoms with E-state index in [0.29, 0.717) is 6.04 Å². The molecule has 1 atom stereocenters. The third-order valence-corrected chi connectivity index (χ3v) is 4.09. The van der Waals surface area contributed by atoms with Crippen molar-refractivity contribution in [3.63, 3.8) is 0 Å². The second-order valence-electron chi connectivity index (χ2n) is 5.30. The molecule has 0 saturated heterocycles. The minimum atomic E-state index is 0.425. The number of fused-ring (bicyclic) bond motifs is 1. The van der Waals surface area contributed by atoms with Gasteiger partial charge in [0.1, 0.15) is 5.69 Å². The number of nitrogens with one attached hydrogen (secondary N) is 2. The number of H-pyrrole nitrogens is 2. The molecule has 3 aromatic heterocycles. The van der Waals surface area contributed by atoms with Gasteiger partial charge in [0, 0.05) is 29.8 Å². The molecule has 2 N–H and O–H groups in total. The maximum Gasteiger partial charge on any atom is 0.160 e. The molecule has 0 saturated carbocycles. The minimum absolute atomic E-state index is 0.425. The molecule has 0 aromatic carbocycles. The van der Waals surface area contributed by atoms with Crippen molar-refractivity contribution >= 4 is 0 Å². The first-order valence-electron chi connectivity index (χ1n) is 6.87. The lowest BCUT2D eigenvalue weighted by atomic mass is 9.93.